The quantitative estimate of drug-likeness (QED) is 0.792. The molecule has 1 fully saturated rings. The summed E-state index contributed by atoms with van der Waals surface area (Å²) in [6.07, 6.45) is 1.96. The second-order valence-corrected chi connectivity index (χ2v) is 6.03. The van der Waals surface area contributed by atoms with E-state index in [1.165, 1.54) is 0 Å². The van der Waals surface area contributed by atoms with E-state index < -0.39 is 5.82 Å². The van der Waals surface area contributed by atoms with E-state index in [4.69, 9.17) is 13.9 Å². The molecule has 1 aliphatic heterocycles. The topological polar surface area (TPSA) is 73.2 Å². The Bertz CT molecular complexity index is 852. The molecule has 0 aliphatic carbocycles. The molecule has 1 unspecified atom stereocenters. The molecule has 0 radical (unpaired) electrons. The molecule has 2 aromatic heterocycles. The third-order valence-corrected chi connectivity index (χ3v) is 4.18. The first-order chi connectivity index (χ1) is 11.7. The molecule has 1 atom stereocenters. The van der Waals surface area contributed by atoms with Gasteiger partial charge in [0, 0.05) is 23.2 Å². The fraction of sp³-hybridized carbons (Fsp3) is 0.412. The lowest BCUT2D eigenvalue weighted by Gasteiger charge is -2.18. The number of nitrogens with zero attached hydrogens (tertiary/aromatic N) is 2. The van der Waals surface area contributed by atoms with Gasteiger partial charge in [0.2, 0.25) is 5.89 Å². The first kappa shape index (κ1) is 15.1. The minimum absolute atomic E-state index is 0.0341. The summed E-state index contributed by atoms with van der Waals surface area (Å²) in [5.41, 5.74) is 1.65. The van der Waals surface area contributed by atoms with E-state index in [9.17, 15) is 4.39 Å². The highest BCUT2D eigenvalue weighted by Crippen LogP contribution is 2.28. The maximum atomic E-state index is 14.5. The van der Waals surface area contributed by atoms with Crippen molar-refractivity contribution < 1.29 is 18.3 Å². The Labute approximate surface area is 138 Å². The maximum Gasteiger partial charge on any atom is 0.253 e. The number of ether oxygens (including phenoxy) is 2. The van der Waals surface area contributed by atoms with E-state index >= 15 is 0 Å². The van der Waals surface area contributed by atoms with Crippen LogP contribution in [0.5, 0.6) is 5.75 Å². The molecule has 0 bridgehead atoms. The summed E-state index contributed by atoms with van der Waals surface area (Å²) in [5.74, 6) is 0.807. The number of halogens is 1. The number of aromatic amines is 1. The highest BCUT2D eigenvalue weighted by atomic mass is 19.1. The molecule has 4 rings (SSSR count). The van der Waals surface area contributed by atoms with Crippen LogP contribution in [0.4, 0.5) is 4.39 Å². The number of aryl methyl sites for hydroxylation is 1. The largest absolute Gasteiger partial charge is 0.481 e. The van der Waals surface area contributed by atoms with Gasteiger partial charge in [0.15, 0.2) is 18.2 Å². The molecule has 0 spiro atoms. The van der Waals surface area contributed by atoms with Crippen molar-refractivity contribution in [1.29, 1.82) is 0 Å². The third-order valence-electron chi connectivity index (χ3n) is 4.18. The number of rotatable bonds is 4. The average molecular weight is 331 g/mol. The van der Waals surface area contributed by atoms with Gasteiger partial charge in [-0.15, -0.1) is 10.2 Å². The second kappa shape index (κ2) is 6.24. The molecule has 126 valence electrons. The van der Waals surface area contributed by atoms with Crippen LogP contribution in [-0.2, 0) is 11.3 Å². The van der Waals surface area contributed by atoms with Crippen LogP contribution < -0.4 is 4.74 Å². The van der Waals surface area contributed by atoms with E-state index in [0.29, 0.717) is 23.8 Å². The van der Waals surface area contributed by atoms with Crippen molar-refractivity contribution in [2.24, 2.45) is 0 Å². The summed E-state index contributed by atoms with van der Waals surface area (Å²) in [6.45, 7) is 3.29. The summed E-state index contributed by atoms with van der Waals surface area (Å²) in [7, 11) is 0. The molecule has 1 aromatic carbocycles. The van der Waals surface area contributed by atoms with Gasteiger partial charge in [-0.05, 0) is 38.0 Å². The molecular weight excluding hydrogens is 313 g/mol. The van der Waals surface area contributed by atoms with E-state index in [2.05, 4.69) is 15.2 Å². The molecule has 0 amide bonds. The molecule has 1 saturated heterocycles. The predicted octanol–water partition coefficient (Wildman–Crippen LogP) is 3.47. The lowest BCUT2D eigenvalue weighted by Crippen LogP contribution is -2.15. The van der Waals surface area contributed by atoms with Crippen molar-refractivity contribution in [1.82, 2.24) is 15.2 Å². The molecule has 1 N–H and O–H groups in total. The molecule has 24 heavy (non-hydrogen) atoms. The van der Waals surface area contributed by atoms with Gasteiger partial charge in [-0.3, -0.25) is 0 Å². The van der Waals surface area contributed by atoms with Gasteiger partial charge in [0.05, 0.1) is 12.5 Å². The average Bonchev–Trinajstić information content (AvgIpc) is 3.22. The molecule has 3 aromatic rings. The van der Waals surface area contributed by atoms with Gasteiger partial charge in [0.1, 0.15) is 0 Å². The van der Waals surface area contributed by atoms with Crippen molar-refractivity contribution in [2.45, 2.75) is 32.3 Å². The molecule has 0 saturated carbocycles. The molecule has 3 heterocycles. The minimum Gasteiger partial charge on any atom is -0.481 e. The number of H-pyrrole nitrogens is 1. The molecule has 6 nitrogen and oxygen atoms in total. The number of hydrogen-bond donors (Lipinski definition) is 1. The van der Waals surface area contributed by atoms with Crippen LogP contribution in [0.3, 0.4) is 0 Å². The molecule has 1 aliphatic rings. The normalized spacial score (nSPS) is 18.2. The number of aromatic nitrogens is 3. The van der Waals surface area contributed by atoms with E-state index in [0.717, 1.165) is 30.7 Å². The van der Waals surface area contributed by atoms with Crippen LogP contribution in [0, 0.1) is 12.7 Å². The zero-order valence-electron chi connectivity index (χ0n) is 13.3. The van der Waals surface area contributed by atoms with Gasteiger partial charge >= 0.3 is 0 Å². The zero-order valence-corrected chi connectivity index (χ0v) is 13.3. The van der Waals surface area contributed by atoms with Crippen molar-refractivity contribution in [3.63, 3.8) is 0 Å². The SMILES string of the molecule is Cc1cc2c(F)c(OCc3nnc(C4CCCOC4)o3)ccc2[nH]1. The lowest BCUT2D eigenvalue weighted by molar-refractivity contribution is 0.0716. The van der Waals surface area contributed by atoms with Gasteiger partial charge < -0.3 is 18.9 Å². The van der Waals surface area contributed by atoms with Crippen molar-refractivity contribution >= 4 is 10.9 Å². The smallest absolute Gasteiger partial charge is 0.253 e. The first-order valence-corrected chi connectivity index (χ1v) is 8.01. The van der Waals surface area contributed by atoms with Gasteiger partial charge in [-0.25, -0.2) is 4.39 Å². The van der Waals surface area contributed by atoms with E-state index in [1.807, 2.05) is 6.92 Å². The van der Waals surface area contributed by atoms with Crippen molar-refractivity contribution in [2.75, 3.05) is 13.2 Å². The number of fused-ring (bicyclic) bond motifs is 1. The lowest BCUT2D eigenvalue weighted by atomic mass is 10.0. The predicted molar refractivity (Wildman–Crippen MR) is 84.4 cm³/mol. The van der Waals surface area contributed by atoms with Crippen LogP contribution in [0.25, 0.3) is 10.9 Å². The standard InChI is InChI=1S/C17H18FN3O3/c1-10-7-12-13(19-10)4-5-14(16(12)18)23-9-15-20-21-17(24-15)11-3-2-6-22-8-11/h4-5,7,11,19H,2-3,6,8-9H2,1H3. The Kier molecular flexibility index (Phi) is 3.93. The fourth-order valence-corrected chi connectivity index (χ4v) is 2.96. The fourth-order valence-electron chi connectivity index (χ4n) is 2.96. The highest BCUT2D eigenvalue weighted by Gasteiger charge is 2.22. The van der Waals surface area contributed by atoms with Gasteiger partial charge in [-0.2, -0.15) is 0 Å². The Morgan fingerprint density at radius 2 is 2.29 bits per heavy atom. The third kappa shape index (κ3) is 2.87. The summed E-state index contributed by atoms with van der Waals surface area (Å²) in [5, 5.41) is 8.54. The van der Waals surface area contributed by atoms with E-state index in [-0.39, 0.29) is 18.3 Å². The van der Waals surface area contributed by atoms with Crippen molar-refractivity contribution in [3.05, 3.63) is 41.5 Å². The van der Waals surface area contributed by atoms with Crippen LogP contribution in [0.1, 0.15) is 36.2 Å². The number of nitrogens with one attached hydrogen (secondary N) is 1. The highest BCUT2D eigenvalue weighted by molar-refractivity contribution is 5.82. The van der Waals surface area contributed by atoms with Gasteiger partial charge in [0.25, 0.3) is 5.89 Å². The van der Waals surface area contributed by atoms with Crippen LogP contribution in [0.15, 0.2) is 22.6 Å². The van der Waals surface area contributed by atoms with Crippen LogP contribution >= 0.6 is 0 Å². The molecular formula is C17H18FN3O3. The monoisotopic (exact) mass is 331 g/mol. The molecule has 7 heteroatoms. The van der Waals surface area contributed by atoms with E-state index in [1.54, 1.807) is 18.2 Å². The first-order valence-electron chi connectivity index (χ1n) is 8.01. The van der Waals surface area contributed by atoms with Crippen molar-refractivity contribution in [3.8, 4) is 5.75 Å². The Morgan fingerprint density at radius 3 is 3.12 bits per heavy atom. The summed E-state index contributed by atoms with van der Waals surface area (Å²) in [4.78, 5) is 3.09. The van der Waals surface area contributed by atoms with Crippen LogP contribution in [0.2, 0.25) is 0 Å². The Hall–Kier alpha value is -2.41. The summed E-state index contributed by atoms with van der Waals surface area (Å²) < 4.78 is 31.0. The second-order valence-electron chi connectivity index (χ2n) is 6.03. The Morgan fingerprint density at radius 1 is 1.38 bits per heavy atom. The maximum absolute atomic E-state index is 14.5. The summed E-state index contributed by atoms with van der Waals surface area (Å²) in [6, 6.07) is 5.14. The summed E-state index contributed by atoms with van der Waals surface area (Å²) >= 11 is 0. The Balaban J connectivity index is 1.47. The zero-order chi connectivity index (χ0) is 16.5. The number of benzene rings is 1. The minimum atomic E-state index is -0.391. The van der Waals surface area contributed by atoms with Gasteiger partial charge in [-0.1, -0.05) is 0 Å². The van der Waals surface area contributed by atoms with Crippen LogP contribution in [-0.4, -0.2) is 28.4 Å². The number of hydrogen-bond acceptors (Lipinski definition) is 5.